The fourth-order valence-electron chi connectivity index (χ4n) is 18.9. The number of fused-ring (bicyclic) bond motifs is 2. The predicted molar refractivity (Wildman–Crippen MR) is 431 cm³/mol. The molecule has 7 aromatic rings. The lowest BCUT2D eigenvalue weighted by atomic mass is 9.39. The number of hydrogen-bond acceptors (Lipinski definition) is 26. The normalized spacial score (nSPS) is 24.0. The van der Waals surface area contributed by atoms with Crippen molar-refractivity contribution < 1.29 is 109 Å². The average molecular weight is 1720 g/mol. The van der Waals surface area contributed by atoms with Crippen LogP contribution in [0.4, 0.5) is 21.4 Å². The summed E-state index contributed by atoms with van der Waals surface area (Å²) in [5.41, 5.74) is 3.65. The van der Waals surface area contributed by atoms with Gasteiger partial charge < -0.3 is 65.5 Å². The summed E-state index contributed by atoms with van der Waals surface area (Å²) in [5, 5.41) is 77.1. The minimum Gasteiger partial charge on any atom is -0.479 e. The lowest BCUT2D eigenvalue weighted by Gasteiger charge is -2.69. The third-order valence-corrected chi connectivity index (χ3v) is 25.8. The molecule has 7 heterocycles. The Bertz CT molecular complexity index is 5370. The Labute approximate surface area is 693 Å². The van der Waals surface area contributed by atoms with E-state index in [4.69, 9.17) is 24.3 Å². The molecule has 14 rings (SSSR count). The van der Waals surface area contributed by atoms with Gasteiger partial charge in [0.05, 0.1) is 64.9 Å². The Morgan fingerprint density at radius 3 is 2.20 bits per heavy atom. The molecule has 10 atom stereocenters. The Balaban J connectivity index is 0.669. The van der Waals surface area contributed by atoms with Gasteiger partial charge in [-0.15, -0.1) is 5.10 Å². The minimum atomic E-state index is -4.67. The summed E-state index contributed by atoms with van der Waals surface area (Å²) in [6.07, 6.45) is -1.20. The number of nitrogens with zero attached hydrogens (tertiary/aromatic N) is 10. The standard InChI is InChI=1S/C80H96N14O23S3/c1-44(2)64(86-61(95)32-57(94-62(96)21-22-63(94)97)56-35-92(89-88-56)24-10-29-119(109,110)111)72(103)82-45(3)70(101)83-50-17-15-49(48(31-50)16-19-58-66(98)67(99)68(100)69(117-58)74(106)107)36-115-76(108)90(27-30-120(112,113)114)26-28-116-80-40-77(5)37-78(6,41-80)39-79(38-77,42-80)43-93-46(4)53(33-81-93)51-18-20-60(85-65(51)73(104)105)91-25-23-47-11-9-12-52(54(47)34-91)71(102)87-75-84-55-13-7-8-14-59(55)118-75/h7-9,11-15,17-18,20-22,31,33,35,44-45,57-58,64,66-69,98-100H,10,16,19,23-30,32,34,36-43H2,1-6H3,(H,82,103)(H,83,101)(H,86,95)(H,104,105)(H,106,107)(H,84,87,102)(H,109,110,111)(H,112,113,114)/t45-,57+,58-,64-,66-,67+,68-,69-,77?,78?,79?,80?/m0/s1. The van der Waals surface area contributed by atoms with Crippen molar-refractivity contribution in [3.63, 3.8) is 0 Å². The second-order valence-electron chi connectivity index (χ2n) is 33.4. The largest absolute Gasteiger partial charge is 0.479 e. The first kappa shape index (κ1) is 87.3. The van der Waals surface area contributed by atoms with Crippen LogP contribution >= 0.6 is 11.3 Å². The van der Waals surface area contributed by atoms with Crippen molar-refractivity contribution in [1.29, 1.82) is 0 Å². The summed E-state index contributed by atoms with van der Waals surface area (Å²) in [6, 6.07) is 17.1. The van der Waals surface area contributed by atoms with Gasteiger partial charge in [0.15, 0.2) is 16.9 Å². The van der Waals surface area contributed by atoms with Crippen molar-refractivity contribution in [1.82, 2.24) is 55.2 Å². The SMILES string of the molecule is Cc1c(-c2ccc(N3CCc4cccc(C(=O)Nc5nc6ccccc6s5)c4C3)nc2C(=O)O)cnn1CC12CC3(C)CC(C)(C1)CC(OCCN(CCS(=O)(=O)O)C(=O)OCc1ccc(NC(=O)[C@H](C)NC(=O)[C@@H](NC(=O)C[C@H](c4cn(CCCS(=O)(=O)O)nn4)N4C(=O)C=CC4=O)C(C)C)cc1CC[C@@H]1O[C@H](C(=O)O)[C@@H](O)[C@H](O)[C@H]1O)(C3)C2. The van der Waals surface area contributed by atoms with Gasteiger partial charge in [0.2, 0.25) is 17.7 Å². The molecule has 1 saturated heterocycles. The van der Waals surface area contributed by atoms with Crippen LogP contribution in [-0.4, -0.2) is 235 Å². The van der Waals surface area contributed by atoms with Crippen molar-refractivity contribution in [2.75, 3.05) is 53.3 Å². The zero-order valence-electron chi connectivity index (χ0n) is 66.6. The summed E-state index contributed by atoms with van der Waals surface area (Å²) in [5.74, 6) is -8.87. The molecule has 7 aliphatic rings. The molecule has 0 radical (unpaired) electrons. The van der Waals surface area contributed by atoms with Crippen molar-refractivity contribution >= 4 is 112 Å². The number of amides is 7. The fraction of sp³-hybridized carbons (Fsp3) is 0.500. The summed E-state index contributed by atoms with van der Waals surface area (Å²) in [6.45, 7) is 10.8. The van der Waals surface area contributed by atoms with Crippen LogP contribution in [0, 0.1) is 29.1 Å². The number of aryl methyl sites for hydroxylation is 2. The highest BCUT2D eigenvalue weighted by atomic mass is 32.2. The first-order valence-corrected chi connectivity index (χ1v) is 43.3. The van der Waals surface area contributed by atoms with Crippen molar-refractivity contribution in [3.8, 4) is 11.1 Å². The van der Waals surface area contributed by atoms with E-state index in [-0.39, 0.29) is 83.7 Å². The van der Waals surface area contributed by atoms with E-state index < -0.39 is 159 Å². The molecule has 40 heteroatoms. The number of hydrogen-bond donors (Lipinski definition) is 11. The van der Waals surface area contributed by atoms with Crippen molar-refractivity contribution in [2.24, 2.45) is 22.2 Å². The third kappa shape index (κ3) is 19.9. The maximum absolute atomic E-state index is 14.4. The number of rotatable bonds is 34. The van der Waals surface area contributed by atoms with Gasteiger partial charge in [0.25, 0.3) is 38.0 Å². The highest BCUT2D eigenvalue weighted by Crippen LogP contribution is 2.72. The summed E-state index contributed by atoms with van der Waals surface area (Å²) in [7, 11) is -8.98. The van der Waals surface area contributed by atoms with Crippen LogP contribution in [0.1, 0.15) is 153 Å². The quantitative estimate of drug-likeness (QED) is 0.0177. The van der Waals surface area contributed by atoms with E-state index in [0.29, 0.717) is 78.5 Å². The fourth-order valence-corrected chi connectivity index (χ4v) is 20.7. The summed E-state index contributed by atoms with van der Waals surface area (Å²) >= 11 is 1.38. The number of benzene rings is 3. The molecule has 3 aliphatic heterocycles. The van der Waals surface area contributed by atoms with E-state index in [1.54, 1.807) is 38.2 Å². The molecular formula is C80H96N14O23S3. The zero-order valence-corrected chi connectivity index (χ0v) is 69.1. The number of aliphatic hydroxyl groups is 3. The molecule has 11 N–H and O–H groups in total. The van der Waals surface area contributed by atoms with E-state index in [2.05, 4.69) is 50.4 Å². The molecule has 0 spiro atoms. The van der Waals surface area contributed by atoms with Crippen LogP contribution in [0.3, 0.4) is 0 Å². The molecular weight excluding hydrogens is 1620 g/mol. The predicted octanol–water partition coefficient (Wildman–Crippen LogP) is 5.42. The number of aliphatic carboxylic acids is 1. The monoisotopic (exact) mass is 1720 g/mol. The van der Waals surface area contributed by atoms with E-state index in [9.17, 15) is 94.6 Å². The molecule has 642 valence electrons. The first-order valence-electron chi connectivity index (χ1n) is 39.3. The van der Waals surface area contributed by atoms with Crippen molar-refractivity contribution in [2.45, 2.75) is 193 Å². The lowest BCUT2D eigenvalue weighted by molar-refractivity contribution is -0.248. The highest BCUT2D eigenvalue weighted by Gasteiger charge is 2.66. The number of carbonyl (C=O) groups is 9. The highest BCUT2D eigenvalue weighted by molar-refractivity contribution is 7.86. The number of carboxylic acids is 2. The van der Waals surface area contributed by atoms with Gasteiger partial charge in [-0.2, -0.15) is 21.9 Å². The van der Waals surface area contributed by atoms with Gasteiger partial charge in [0, 0.05) is 79.5 Å². The van der Waals surface area contributed by atoms with Gasteiger partial charge >= 0.3 is 18.0 Å². The van der Waals surface area contributed by atoms with Crippen molar-refractivity contribution in [3.05, 3.63) is 142 Å². The van der Waals surface area contributed by atoms with Crippen LogP contribution in [0.15, 0.2) is 97.3 Å². The number of aromatic nitrogens is 7. The van der Waals surface area contributed by atoms with E-state index in [1.807, 2.05) is 52.9 Å². The van der Waals surface area contributed by atoms with Crippen LogP contribution in [0.2, 0.25) is 0 Å². The molecule has 4 aliphatic carbocycles. The second-order valence-corrected chi connectivity index (χ2v) is 37.5. The van der Waals surface area contributed by atoms with Gasteiger partial charge in [-0.05, 0) is 165 Å². The number of para-hydroxylation sites is 1. The minimum absolute atomic E-state index is 0.0350. The maximum Gasteiger partial charge on any atom is 0.410 e. The first-order chi connectivity index (χ1) is 56.6. The number of carboxylic acid groups (broad SMARTS) is 2. The molecule has 2 unspecified atom stereocenters. The molecule has 4 bridgehead atoms. The van der Waals surface area contributed by atoms with E-state index >= 15 is 0 Å². The van der Waals surface area contributed by atoms with Crippen LogP contribution < -0.4 is 26.2 Å². The number of imide groups is 1. The lowest BCUT2D eigenvalue weighted by Crippen LogP contribution is -2.64. The Kier molecular flexibility index (Phi) is 25.4. The Morgan fingerprint density at radius 1 is 0.783 bits per heavy atom. The van der Waals surface area contributed by atoms with Gasteiger partial charge in [-0.1, -0.05) is 74.6 Å². The smallest absolute Gasteiger partial charge is 0.410 e. The number of aliphatic hydroxyl groups excluding tert-OH is 3. The molecule has 7 amide bonds. The molecule has 37 nitrogen and oxygen atoms in total. The topological polar surface area (TPSA) is 523 Å². The molecule has 3 aromatic carbocycles. The molecule has 5 fully saturated rings. The molecule has 4 saturated carbocycles. The number of carbonyl (C=O) groups excluding carboxylic acids is 7. The van der Waals surface area contributed by atoms with Gasteiger partial charge in [-0.3, -0.25) is 57.5 Å². The maximum atomic E-state index is 14.4. The van der Waals surface area contributed by atoms with E-state index in [0.717, 1.165) is 68.3 Å². The Morgan fingerprint density at radius 2 is 1.51 bits per heavy atom. The van der Waals surface area contributed by atoms with Gasteiger partial charge in [0.1, 0.15) is 48.5 Å². The molecule has 120 heavy (non-hydrogen) atoms. The second kappa shape index (κ2) is 34.9. The van der Waals surface area contributed by atoms with Crippen LogP contribution in [0.5, 0.6) is 0 Å². The van der Waals surface area contributed by atoms with Crippen LogP contribution in [-0.2, 0) is 102 Å². The number of thiazole rings is 1. The Hall–Kier alpha value is -10.6. The van der Waals surface area contributed by atoms with Crippen LogP contribution in [0.25, 0.3) is 21.3 Å². The zero-order chi connectivity index (χ0) is 86.3. The third-order valence-electron chi connectivity index (χ3n) is 23.3. The number of nitrogens with one attached hydrogen (secondary N) is 4. The van der Waals surface area contributed by atoms with E-state index in [1.165, 1.54) is 47.3 Å². The summed E-state index contributed by atoms with van der Waals surface area (Å²) in [4.78, 5) is 135. The average Bonchev–Trinajstić information content (AvgIpc) is 1.13. The molecule has 4 aromatic heterocycles. The number of anilines is 3. The number of aromatic carboxylic acids is 1. The summed E-state index contributed by atoms with van der Waals surface area (Å²) < 4.78 is 89.1. The number of ether oxygens (including phenoxy) is 3. The van der Waals surface area contributed by atoms with Gasteiger partial charge in [-0.25, -0.2) is 24.4 Å². The number of pyridine rings is 1.